The van der Waals surface area contributed by atoms with Crippen molar-refractivity contribution in [2.45, 2.75) is 12.2 Å². The first-order valence-corrected chi connectivity index (χ1v) is 2.28. The van der Waals surface area contributed by atoms with Gasteiger partial charge in [0.2, 0.25) is 0 Å². The molecule has 4 N–H and O–H groups in total. The third-order valence-electron chi connectivity index (χ3n) is 0.805. The van der Waals surface area contributed by atoms with Crippen molar-refractivity contribution < 1.29 is 30.0 Å². The number of rotatable bonds is 3. The SMILES string of the molecule is O=C(O)[C@H](O)[C@@H](O)C(=O)O.[Cs]. The molecule has 0 aliphatic carbocycles. The third-order valence-corrected chi connectivity index (χ3v) is 0.805. The zero-order valence-electron chi connectivity index (χ0n) is 5.76. The molecule has 0 amide bonds. The summed E-state index contributed by atoms with van der Waals surface area (Å²) in [6.07, 6.45) is -4.53. The summed E-state index contributed by atoms with van der Waals surface area (Å²) in [5.41, 5.74) is 0. The molecule has 0 aromatic heterocycles. The van der Waals surface area contributed by atoms with Gasteiger partial charge in [-0.1, -0.05) is 0 Å². The Kier molecular flexibility index (Phi) is 8.44. The van der Waals surface area contributed by atoms with Crippen molar-refractivity contribution in [3.63, 3.8) is 0 Å². The molecule has 0 rings (SSSR count). The Morgan fingerprint density at radius 2 is 1.09 bits per heavy atom. The minimum Gasteiger partial charge on any atom is -0.479 e. The molecule has 0 aromatic carbocycles. The molecule has 7 heteroatoms. The van der Waals surface area contributed by atoms with E-state index >= 15 is 0 Å². The van der Waals surface area contributed by atoms with Gasteiger partial charge in [0.25, 0.3) is 0 Å². The average molecular weight is 283 g/mol. The van der Waals surface area contributed by atoms with Crippen molar-refractivity contribution in [3.8, 4) is 0 Å². The Hall–Kier alpha value is 0.912. The second-order valence-corrected chi connectivity index (χ2v) is 1.57. The number of hydrogen-bond donors (Lipinski definition) is 4. The van der Waals surface area contributed by atoms with E-state index < -0.39 is 24.1 Å². The van der Waals surface area contributed by atoms with Gasteiger partial charge in [-0.3, -0.25) is 0 Å². The zero-order chi connectivity index (χ0) is 8.31. The number of aliphatic hydroxyl groups is 2. The number of hydrogen-bond acceptors (Lipinski definition) is 4. The molecule has 0 unspecified atom stereocenters. The standard InChI is InChI=1S/C4H6O6.Cs/c5-1(3(7)8)2(6)4(9)10;/h1-2,5-6H,(H,7,8)(H,9,10);/t1-,2-;/m1./s1. The number of carboxylic acid groups (broad SMARTS) is 2. The van der Waals surface area contributed by atoms with Crippen LogP contribution in [0.25, 0.3) is 0 Å². The van der Waals surface area contributed by atoms with E-state index in [1.165, 1.54) is 0 Å². The maximum absolute atomic E-state index is 9.77. The smallest absolute Gasteiger partial charge is 0.335 e. The fourth-order valence-electron chi connectivity index (χ4n) is 0.270. The van der Waals surface area contributed by atoms with Crippen molar-refractivity contribution in [2.75, 3.05) is 0 Å². The predicted molar refractivity (Wildman–Crippen MR) is 33.0 cm³/mol. The predicted octanol–water partition coefficient (Wildman–Crippen LogP) is -2.50. The fourth-order valence-corrected chi connectivity index (χ4v) is 0.270. The van der Waals surface area contributed by atoms with Gasteiger partial charge in [0, 0.05) is 68.9 Å². The van der Waals surface area contributed by atoms with Crippen LogP contribution in [0.2, 0.25) is 0 Å². The van der Waals surface area contributed by atoms with E-state index in [1.807, 2.05) is 0 Å². The summed E-state index contributed by atoms with van der Waals surface area (Å²) >= 11 is 0. The van der Waals surface area contributed by atoms with E-state index in [0.717, 1.165) is 0 Å². The first-order chi connectivity index (χ1) is 4.46. The first kappa shape index (κ1) is 14.4. The minimum atomic E-state index is -2.27. The van der Waals surface area contributed by atoms with Gasteiger partial charge >= 0.3 is 11.9 Å². The summed E-state index contributed by atoms with van der Waals surface area (Å²) in [6.45, 7) is 0. The molecule has 0 spiro atoms. The van der Waals surface area contributed by atoms with Gasteiger partial charge in [-0.25, -0.2) is 9.59 Å². The van der Waals surface area contributed by atoms with Crippen molar-refractivity contribution >= 4 is 80.8 Å². The van der Waals surface area contributed by atoms with Crippen molar-refractivity contribution in [2.24, 2.45) is 0 Å². The summed E-state index contributed by atoms with van der Waals surface area (Å²) in [7, 11) is 0. The summed E-state index contributed by atoms with van der Waals surface area (Å²) in [4.78, 5) is 19.5. The second-order valence-electron chi connectivity index (χ2n) is 1.57. The summed E-state index contributed by atoms with van der Waals surface area (Å²) < 4.78 is 0. The molecular formula is C4H6CsO6. The fraction of sp³-hybridized carbons (Fsp3) is 0.500. The largest absolute Gasteiger partial charge is 0.479 e. The Bertz CT molecular complexity index is 139. The van der Waals surface area contributed by atoms with Crippen LogP contribution in [0.5, 0.6) is 0 Å². The quantitative estimate of drug-likeness (QED) is 0.455. The maximum atomic E-state index is 9.77. The molecule has 11 heavy (non-hydrogen) atoms. The normalized spacial score (nSPS) is 14.4. The Labute approximate surface area is 121 Å². The number of carboxylic acids is 2. The molecule has 0 aromatic rings. The van der Waals surface area contributed by atoms with Crippen LogP contribution in [-0.2, 0) is 9.59 Å². The van der Waals surface area contributed by atoms with E-state index in [4.69, 9.17) is 20.4 Å². The van der Waals surface area contributed by atoms with Crippen LogP contribution in [0, 0.1) is 0 Å². The van der Waals surface area contributed by atoms with Crippen LogP contribution in [0.15, 0.2) is 0 Å². The van der Waals surface area contributed by atoms with E-state index in [2.05, 4.69) is 0 Å². The maximum Gasteiger partial charge on any atom is 0.335 e. The molecule has 1 radical (unpaired) electrons. The van der Waals surface area contributed by atoms with E-state index in [9.17, 15) is 9.59 Å². The Balaban J connectivity index is 0. The van der Waals surface area contributed by atoms with Crippen LogP contribution in [0.4, 0.5) is 0 Å². The van der Waals surface area contributed by atoms with Gasteiger partial charge < -0.3 is 20.4 Å². The molecule has 0 saturated heterocycles. The van der Waals surface area contributed by atoms with Gasteiger partial charge in [0.1, 0.15) is 0 Å². The van der Waals surface area contributed by atoms with Gasteiger partial charge in [-0.05, 0) is 0 Å². The van der Waals surface area contributed by atoms with Gasteiger partial charge in [-0.15, -0.1) is 0 Å². The summed E-state index contributed by atoms with van der Waals surface area (Å²) in [5, 5.41) is 32.5. The van der Waals surface area contributed by atoms with Crippen LogP contribution in [0.3, 0.4) is 0 Å². The molecule has 0 saturated carbocycles. The van der Waals surface area contributed by atoms with E-state index in [-0.39, 0.29) is 68.9 Å². The van der Waals surface area contributed by atoms with Gasteiger partial charge in [-0.2, -0.15) is 0 Å². The molecule has 0 aliphatic rings. The van der Waals surface area contributed by atoms with E-state index in [1.54, 1.807) is 0 Å². The molecule has 0 aliphatic heterocycles. The molecule has 2 atom stereocenters. The Morgan fingerprint density at radius 3 is 1.18 bits per heavy atom. The van der Waals surface area contributed by atoms with E-state index in [0.29, 0.717) is 0 Å². The van der Waals surface area contributed by atoms with Crippen LogP contribution < -0.4 is 0 Å². The molecule has 0 fully saturated rings. The van der Waals surface area contributed by atoms with Crippen LogP contribution in [0.1, 0.15) is 0 Å². The monoisotopic (exact) mass is 283 g/mol. The Morgan fingerprint density at radius 1 is 0.909 bits per heavy atom. The van der Waals surface area contributed by atoms with Crippen molar-refractivity contribution in [1.82, 2.24) is 0 Å². The first-order valence-electron chi connectivity index (χ1n) is 2.28. The number of aliphatic hydroxyl groups excluding tert-OH is 2. The van der Waals surface area contributed by atoms with Gasteiger partial charge in [0.15, 0.2) is 12.2 Å². The third kappa shape index (κ3) is 5.20. The van der Waals surface area contributed by atoms with Crippen LogP contribution >= 0.6 is 0 Å². The average Bonchev–Trinajstić information content (AvgIpc) is 1.84. The molecule has 6 nitrogen and oxygen atoms in total. The van der Waals surface area contributed by atoms with Crippen molar-refractivity contribution in [3.05, 3.63) is 0 Å². The zero-order valence-corrected chi connectivity index (χ0v) is 12.0. The number of carbonyl (C=O) groups is 2. The summed E-state index contributed by atoms with van der Waals surface area (Å²) in [6, 6.07) is 0. The minimum absolute atomic E-state index is 0. The topological polar surface area (TPSA) is 115 Å². The molecular weight excluding hydrogens is 277 g/mol. The van der Waals surface area contributed by atoms with Gasteiger partial charge in [0.05, 0.1) is 0 Å². The van der Waals surface area contributed by atoms with Crippen LogP contribution in [-0.4, -0.2) is 113 Å². The molecule has 0 heterocycles. The number of aliphatic carboxylic acids is 2. The summed E-state index contributed by atoms with van der Waals surface area (Å²) in [5.74, 6) is -3.54. The molecule has 0 bridgehead atoms. The molecule has 59 valence electrons. The second kappa shape index (κ2) is 6.43. The van der Waals surface area contributed by atoms with Crippen molar-refractivity contribution in [1.29, 1.82) is 0 Å².